The number of likely N-dealkylation sites (tertiary alicyclic amines) is 1. The van der Waals surface area contributed by atoms with Crippen LogP contribution in [0.1, 0.15) is 56.6 Å². The Bertz CT molecular complexity index is 1120. The third-order valence-electron chi connectivity index (χ3n) is 8.48. The fourth-order valence-electron chi connectivity index (χ4n) is 6.45. The quantitative estimate of drug-likeness (QED) is 0.457. The number of esters is 1. The van der Waals surface area contributed by atoms with Gasteiger partial charge in [-0.05, 0) is 80.8 Å². The molecule has 0 bridgehead atoms. The van der Waals surface area contributed by atoms with Crippen LogP contribution in [0.5, 0.6) is 5.75 Å². The molecule has 1 N–H and O–H groups in total. The van der Waals surface area contributed by atoms with Crippen LogP contribution in [0.2, 0.25) is 0 Å². The van der Waals surface area contributed by atoms with E-state index in [0.29, 0.717) is 19.4 Å². The lowest BCUT2D eigenvalue weighted by Gasteiger charge is -2.60. The van der Waals surface area contributed by atoms with Gasteiger partial charge in [-0.25, -0.2) is 0 Å². The number of furan rings is 1. The van der Waals surface area contributed by atoms with Gasteiger partial charge in [0.05, 0.1) is 12.5 Å². The molecule has 1 aromatic carbocycles. The van der Waals surface area contributed by atoms with Gasteiger partial charge in [-0.1, -0.05) is 12.1 Å². The number of carbonyl (C=O) groups excluding carboxylic acids is 2. The van der Waals surface area contributed by atoms with E-state index in [2.05, 4.69) is 4.90 Å². The second-order valence-corrected chi connectivity index (χ2v) is 10.9. The van der Waals surface area contributed by atoms with Crippen LogP contribution in [0.15, 0.2) is 53.4 Å². The zero-order valence-corrected chi connectivity index (χ0v) is 21.2. The lowest BCUT2D eigenvalue weighted by atomic mass is 9.55. The Kier molecular flexibility index (Phi) is 6.68. The molecule has 2 heterocycles. The number of hydrogen-bond acceptors (Lipinski definition) is 6. The monoisotopic (exact) mass is 492 g/mol. The van der Waals surface area contributed by atoms with Crippen LogP contribution < -0.4 is 0 Å². The molecule has 3 atom stereocenters. The predicted octanol–water partition coefficient (Wildman–Crippen LogP) is 4.36. The van der Waals surface area contributed by atoms with Crippen molar-refractivity contribution < 1.29 is 23.8 Å². The average Bonchev–Trinajstić information content (AvgIpc) is 3.51. The van der Waals surface area contributed by atoms with Gasteiger partial charge in [0.15, 0.2) is 0 Å². The van der Waals surface area contributed by atoms with Gasteiger partial charge < -0.3 is 19.2 Å². The number of piperidine rings is 1. The minimum Gasteiger partial charge on any atom is -0.508 e. The van der Waals surface area contributed by atoms with Gasteiger partial charge in [0.2, 0.25) is 5.91 Å². The first-order valence-electron chi connectivity index (χ1n) is 13.0. The van der Waals surface area contributed by atoms with E-state index in [1.807, 2.05) is 36.2 Å². The van der Waals surface area contributed by atoms with Crippen LogP contribution in [0.3, 0.4) is 0 Å². The largest absolute Gasteiger partial charge is 0.508 e. The van der Waals surface area contributed by atoms with Crippen molar-refractivity contribution in [2.75, 3.05) is 26.7 Å². The third kappa shape index (κ3) is 4.81. The SMILES string of the molecule is CC(=O)O[C@]12CC[C@@H](N(C)C(=O)/C=C/c3ccoc3)C[C@]1(c1cccc(O)c1)CCN(CC1CC1)C2. The van der Waals surface area contributed by atoms with Gasteiger partial charge in [-0.2, -0.15) is 0 Å². The lowest BCUT2D eigenvalue weighted by Crippen LogP contribution is -2.68. The highest BCUT2D eigenvalue weighted by molar-refractivity contribution is 5.91. The number of amides is 1. The van der Waals surface area contributed by atoms with Gasteiger partial charge in [0, 0.05) is 50.2 Å². The van der Waals surface area contributed by atoms with Crippen molar-refractivity contribution in [3.8, 4) is 5.75 Å². The summed E-state index contributed by atoms with van der Waals surface area (Å²) in [5.74, 6) is 0.598. The summed E-state index contributed by atoms with van der Waals surface area (Å²) >= 11 is 0. The van der Waals surface area contributed by atoms with Crippen molar-refractivity contribution in [3.63, 3.8) is 0 Å². The first-order valence-corrected chi connectivity index (χ1v) is 13.0. The van der Waals surface area contributed by atoms with Crippen molar-refractivity contribution in [1.82, 2.24) is 9.80 Å². The summed E-state index contributed by atoms with van der Waals surface area (Å²) in [4.78, 5) is 29.9. The molecule has 7 nitrogen and oxygen atoms in total. The van der Waals surface area contributed by atoms with Crippen molar-refractivity contribution in [2.45, 2.75) is 62.5 Å². The molecule has 5 rings (SSSR count). The Morgan fingerprint density at radius 1 is 1.25 bits per heavy atom. The van der Waals surface area contributed by atoms with Crippen LogP contribution in [0, 0.1) is 5.92 Å². The molecule has 7 heteroatoms. The van der Waals surface area contributed by atoms with E-state index in [1.165, 1.54) is 19.8 Å². The zero-order valence-electron chi connectivity index (χ0n) is 21.2. The van der Waals surface area contributed by atoms with Crippen LogP contribution in [0.4, 0.5) is 0 Å². The Labute approximate surface area is 212 Å². The van der Waals surface area contributed by atoms with Crippen LogP contribution >= 0.6 is 0 Å². The maximum absolute atomic E-state index is 13.1. The van der Waals surface area contributed by atoms with Gasteiger partial charge >= 0.3 is 5.97 Å². The number of carbonyl (C=O) groups is 2. The Morgan fingerprint density at radius 3 is 2.78 bits per heavy atom. The molecule has 0 unspecified atom stereocenters. The molecule has 1 amide bonds. The molecule has 0 spiro atoms. The highest BCUT2D eigenvalue weighted by atomic mass is 16.6. The van der Waals surface area contributed by atoms with E-state index in [-0.39, 0.29) is 23.7 Å². The lowest BCUT2D eigenvalue weighted by molar-refractivity contribution is -0.190. The van der Waals surface area contributed by atoms with Crippen LogP contribution in [-0.2, 0) is 19.7 Å². The maximum atomic E-state index is 13.1. The summed E-state index contributed by atoms with van der Waals surface area (Å²) in [5.41, 5.74) is 0.624. The summed E-state index contributed by atoms with van der Waals surface area (Å²) in [6.07, 6.45) is 12.0. The highest BCUT2D eigenvalue weighted by Crippen LogP contribution is 2.55. The van der Waals surface area contributed by atoms with Crippen LogP contribution in [-0.4, -0.2) is 65.1 Å². The second-order valence-electron chi connectivity index (χ2n) is 10.9. The fraction of sp³-hybridized carbons (Fsp3) is 0.517. The number of likely N-dealkylation sites (N-methyl/N-ethyl adjacent to an activating group) is 1. The van der Waals surface area contributed by atoms with E-state index >= 15 is 0 Å². The molecule has 2 saturated carbocycles. The average molecular weight is 493 g/mol. The molecule has 2 aliphatic carbocycles. The summed E-state index contributed by atoms with van der Waals surface area (Å²) in [5, 5.41) is 10.4. The summed E-state index contributed by atoms with van der Waals surface area (Å²) in [6, 6.07) is 9.18. The number of phenolic OH excluding ortho intramolecular Hbond substituents is 1. The van der Waals surface area contributed by atoms with E-state index in [9.17, 15) is 14.7 Å². The second kappa shape index (κ2) is 9.77. The normalized spacial score (nSPS) is 28.6. The minimum atomic E-state index is -0.702. The highest BCUT2D eigenvalue weighted by Gasteiger charge is 2.61. The molecule has 1 saturated heterocycles. The first kappa shape index (κ1) is 24.6. The van der Waals surface area contributed by atoms with Crippen molar-refractivity contribution >= 4 is 18.0 Å². The molecule has 2 aromatic rings. The van der Waals surface area contributed by atoms with E-state index < -0.39 is 11.0 Å². The molecular formula is C29H36N2O5. The van der Waals surface area contributed by atoms with Gasteiger partial charge in [0.1, 0.15) is 11.4 Å². The number of phenols is 1. The maximum Gasteiger partial charge on any atom is 0.303 e. The molecule has 1 aliphatic heterocycles. The predicted molar refractivity (Wildman–Crippen MR) is 136 cm³/mol. The van der Waals surface area contributed by atoms with E-state index in [0.717, 1.165) is 43.0 Å². The number of rotatable bonds is 7. The first-order chi connectivity index (χ1) is 17.3. The van der Waals surface area contributed by atoms with Gasteiger partial charge in [-0.15, -0.1) is 0 Å². The van der Waals surface area contributed by atoms with Gasteiger partial charge in [0.25, 0.3) is 0 Å². The Morgan fingerprint density at radius 2 is 2.08 bits per heavy atom. The zero-order chi connectivity index (χ0) is 25.3. The molecule has 0 radical (unpaired) electrons. The summed E-state index contributed by atoms with van der Waals surface area (Å²) in [7, 11) is 1.85. The Hall–Kier alpha value is -3.06. The number of ether oxygens (including phenoxy) is 1. The van der Waals surface area contributed by atoms with E-state index in [1.54, 1.807) is 30.7 Å². The molecule has 3 aliphatic rings. The number of benzene rings is 1. The topological polar surface area (TPSA) is 83.2 Å². The van der Waals surface area contributed by atoms with Crippen LogP contribution in [0.25, 0.3) is 6.08 Å². The molecule has 36 heavy (non-hydrogen) atoms. The number of fused-ring (bicyclic) bond motifs is 1. The third-order valence-corrected chi connectivity index (χ3v) is 8.48. The molecule has 1 aromatic heterocycles. The summed E-state index contributed by atoms with van der Waals surface area (Å²) < 4.78 is 11.4. The molecule has 192 valence electrons. The van der Waals surface area contributed by atoms with Crippen molar-refractivity contribution in [1.29, 1.82) is 0 Å². The van der Waals surface area contributed by atoms with Gasteiger partial charge in [-0.3, -0.25) is 14.5 Å². The van der Waals surface area contributed by atoms with E-state index in [4.69, 9.17) is 9.15 Å². The minimum absolute atomic E-state index is 0.0208. The standard InChI is InChI=1S/C29H36N2O5/c1-21(32)36-29-12-10-25(30(2)27(34)9-8-23-11-15-35-19-23)17-28(29,24-4-3-5-26(33)16-24)13-14-31(20-29)18-22-6-7-22/h3-5,8-9,11,15-16,19,22,25,33H,6-7,10,12-14,17-18,20H2,1-2H3/b9-8+/t25-,28+,29+/m1/s1. The molecular weight excluding hydrogens is 456 g/mol. The molecule has 3 fully saturated rings. The smallest absolute Gasteiger partial charge is 0.303 e. The number of hydrogen-bond donors (Lipinski definition) is 1. The fourth-order valence-corrected chi connectivity index (χ4v) is 6.45. The number of nitrogens with zero attached hydrogens (tertiary/aromatic N) is 2. The Balaban J connectivity index is 1.47. The number of aromatic hydroxyl groups is 1. The van der Waals surface area contributed by atoms with Crippen molar-refractivity contribution in [3.05, 3.63) is 60.1 Å². The summed E-state index contributed by atoms with van der Waals surface area (Å²) in [6.45, 7) is 4.12. The van der Waals surface area contributed by atoms with Crippen molar-refractivity contribution in [2.24, 2.45) is 5.92 Å².